The van der Waals surface area contributed by atoms with Gasteiger partial charge in [0.05, 0.1) is 17.4 Å². The van der Waals surface area contributed by atoms with Crippen molar-refractivity contribution in [1.29, 1.82) is 5.26 Å². The predicted molar refractivity (Wildman–Crippen MR) is 122 cm³/mol. The maximum Gasteiger partial charge on any atom is 0.433 e. The fourth-order valence-electron chi connectivity index (χ4n) is 3.74. The molecule has 3 aromatic rings. The van der Waals surface area contributed by atoms with E-state index in [2.05, 4.69) is 19.7 Å². The van der Waals surface area contributed by atoms with Crippen LogP contribution in [0.3, 0.4) is 0 Å². The zero-order chi connectivity index (χ0) is 26.8. The monoisotopic (exact) mass is 539 g/mol. The number of sulfonamides is 1. The molecule has 1 aromatic carbocycles. The van der Waals surface area contributed by atoms with Crippen LogP contribution in [-0.2, 0) is 16.2 Å². The van der Waals surface area contributed by atoms with Gasteiger partial charge in [-0.3, -0.25) is 4.72 Å². The van der Waals surface area contributed by atoms with Gasteiger partial charge >= 0.3 is 6.18 Å². The Morgan fingerprint density at radius 2 is 1.73 bits per heavy atom. The summed E-state index contributed by atoms with van der Waals surface area (Å²) >= 11 is 0. The van der Waals surface area contributed by atoms with E-state index >= 15 is 0 Å². The molecule has 0 unspecified atom stereocenters. The molecule has 0 aliphatic carbocycles. The van der Waals surface area contributed by atoms with Crippen molar-refractivity contribution in [1.82, 2.24) is 15.0 Å². The number of anilines is 3. The van der Waals surface area contributed by atoms with Gasteiger partial charge in [-0.1, -0.05) is 0 Å². The van der Waals surface area contributed by atoms with E-state index in [1.807, 2.05) is 6.07 Å². The van der Waals surface area contributed by atoms with Crippen LogP contribution < -0.4 is 14.5 Å². The van der Waals surface area contributed by atoms with Crippen molar-refractivity contribution >= 4 is 27.5 Å². The van der Waals surface area contributed by atoms with Crippen LogP contribution in [0.25, 0.3) is 0 Å². The first kappa shape index (κ1) is 26.0. The molecular weight excluding hydrogens is 521 g/mol. The van der Waals surface area contributed by atoms with Gasteiger partial charge in [0.2, 0.25) is 5.95 Å². The Labute approximate surface area is 208 Å². The maximum atomic E-state index is 14.0. The minimum atomic E-state index is -4.60. The van der Waals surface area contributed by atoms with Crippen molar-refractivity contribution in [3.05, 3.63) is 65.6 Å². The van der Waals surface area contributed by atoms with Crippen molar-refractivity contribution < 1.29 is 30.4 Å². The zero-order valence-electron chi connectivity index (χ0n) is 18.9. The van der Waals surface area contributed by atoms with Gasteiger partial charge < -0.3 is 9.80 Å². The van der Waals surface area contributed by atoms with Gasteiger partial charge in [0, 0.05) is 38.4 Å². The lowest BCUT2D eigenvalue weighted by atomic mass is 10.2. The summed E-state index contributed by atoms with van der Waals surface area (Å²) in [5.41, 5.74) is -1.15. The quantitative estimate of drug-likeness (QED) is 0.490. The number of nitrogens with one attached hydrogen (secondary N) is 1. The third-order valence-corrected chi connectivity index (χ3v) is 6.85. The van der Waals surface area contributed by atoms with E-state index in [1.165, 1.54) is 6.07 Å². The standard InChI is InChI=1S/C22H18F5N7O2S/c23-15-2-3-18(17(24)11-15)37(35,36)32-16-10-14(12-28)20(30-13-16)33-6-1-7-34(9-8-33)21-29-5-4-19(31-21)22(25,26)27/h2-5,10-11,13,32H,1,6-9H2. The lowest BCUT2D eigenvalue weighted by molar-refractivity contribution is -0.141. The Hall–Kier alpha value is -4.06. The van der Waals surface area contributed by atoms with Gasteiger partial charge in [0.25, 0.3) is 10.0 Å². The number of nitrogens with zero attached hydrogens (tertiary/aromatic N) is 6. The van der Waals surface area contributed by atoms with E-state index in [4.69, 9.17) is 0 Å². The summed E-state index contributed by atoms with van der Waals surface area (Å²) in [5.74, 6) is -2.05. The average Bonchev–Trinajstić information content (AvgIpc) is 3.09. The summed E-state index contributed by atoms with van der Waals surface area (Å²) in [6.45, 7) is 1.28. The highest BCUT2D eigenvalue weighted by atomic mass is 32.2. The molecule has 0 spiro atoms. The number of aromatic nitrogens is 3. The molecule has 4 rings (SSSR count). The van der Waals surface area contributed by atoms with Crippen molar-refractivity contribution in [2.45, 2.75) is 17.5 Å². The zero-order valence-corrected chi connectivity index (χ0v) is 19.7. The van der Waals surface area contributed by atoms with Gasteiger partial charge in [-0.2, -0.15) is 18.4 Å². The number of alkyl halides is 3. The van der Waals surface area contributed by atoms with Crippen molar-refractivity contribution in [3.8, 4) is 6.07 Å². The highest BCUT2D eigenvalue weighted by molar-refractivity contribution is 7.92. The number of pyridine rings is 1. The fraction of sp³-hybridized carbons (Fsp3) is 0.273. The van der Waals surface area contributed by atoms with Crippen LogP contribution in [-0.4, -0.2) is 49.5 Å². The van der Waals surface area contributed by atoms with Crippen molar-refractivity contribution in [2.24, 2.45) is 0 Å². The highest BCUT2D eigenvalue weighted by Crippen LogP contribution is 2.29. The van der Waals surface area contributed by atoms with Crippen LogP contribution in [0.5, 0.6) is 0 Å². The Balaban J connectivity index is 1.52. The van der Waals surface area contributed by atoms with E-state index in [0.29, 0.717) is 25.6 Å². The van der Waals surface area contributed by atoms with Crippen LogP contribution in [0, 0.1) is 23.0 Å². The summed E-state index contributed by atoms with van der Waals surface area (Å²) < 4.78 is 93.4. The smallest absolute Gasteiger partial charge is 0.354 e. The Morgan fingerprint density at radius 3 is 2.43 bits per heavy atom. The number of rotatable bonds is 5. The predicted octanol–water partition coefficient (Wildman–Crippen LogP) is 3.56. The molecule has 37 heavy (non-hydrogen) atoms. The summed E-state index contributed by atoms with van der Waals surface area (Å²) in [4.78, 5) is 14.3. The van der Waals surface area contributed by atoms with E-state index < -0.39 is 38.4 Å². The first-order valence-corrected chi connectivity index (χ1v) is 12.2. The Kier molecular flexibility index (Phi) is 7.12. The number of benzene rings is 1. The molecule has 15 heteroatoms. The normalized spacial score (nSPS) is 14.7. The van der Waals surface area contributed by atoms with E-state index in [1.54, 1.807) is 9.80 Å². The second-order valence-corrected chi connectivity index (χ2v) is 9.61. The molecule has 194 valence electrons. The van der Waals surface area contributed by atoms with Crippen LogP contribution in [0.2, 0.25) is 0 Å². The van der Waals surface area contributed by atoms with Gasteiger partial charge in [-0.05, 0) is 30.7 Å². The molecular formula is C22H18F5N7O2S. The molecule has 1 aliphatic rings. The average molecular weight is 539 g/mol. The SMILES string of the molecule is N#Cc1cc(NS(=O)(=O)c2ccc(F)cc2F)cnc1N1CCCN(c2nccc(C(F)(F)F)n2)CC1. The molecule has 2 aromatic heterocycles. The Bertz CT molecular complexity index is 1460. The number of halogens is 5. The second-order valence-electron chi connectivity index (χ2n) is 7.95. The molecule has 0 atom stereocenters. The summed E-state index contributed by atoms with van der Waals surface area (Å²) in [7, 11) is -4.44. The minimum Gasteiger partial charge on any atom is -0.354 e. The lowest BCUT2D eigenvalue weighted by Gasteiger charge is -2.24. The van der Waals surface area contributed by atoms with Crippen molar-refractivity contribution in [2.75, 3.05) is 40.7 Å². The summed E-state index contributed by atoms with van der Waals surface area (Å²) in [6, 6.07) is 5.96. The summed E-state index contributed by atoms with van der Waals surface area (Å²) in [6.07, 6.45) is -1.92. The first-order chi connectivity index (χ1) is 17.5. The van der Waals surface area contributed by atoms with Crippen LogP contribution in [0.1, 0.15) is 17.7 Å². The van der Waals surface area contributed by atoms with Crippen LogP contribution in [0.15, 0.2) is 47.6 Å². The van der Waals surface area contributed by atoms with E-state index in [9.17, 15) is 35.6 Å². The topological polar surface area (TPSA) is 115 Å². The molecule has 1 fully saturated rings. The molecule has 1 aliphatic heterocycles. The van der Waals surface area contributed by atoms with Gasteiger partial charge in [-0.15, -0.1) is 0 Å². The molecule has 3 heterocycles. The number of hydrogen-bond donors (Lipinski definition) is 1. The van der Waals surface area contributed by atoms with Crippen LogP contribution in [0.4, 0.5) is 39.4 Å². The molecule has 0 bridgehead atoms. The largest absolute Gasteiger partial charge is 0.433 e. The number of nitriles is 1. The Morgan fingerprint density at radius 1 is 1.00 bits per heavy atom. The van der Waals surface area contributed by atoms with E-state index in [0.717, 1.165) is 30.6 Å². The van der Waals surface area contributed by atoms with Crippen LogP contribution >= 0.6 is 0 Å². The molecule has 0 saturated carbocycles. The number of hydrogen-bond acceptors (Lipinski definition) is 8. The lowest BCUT2D eigenvalue weighted by Crippen LogP contribution is -2.32. The molecule has 0 radical (unpaired) electrons. The first-order valence-electron chi connectivity index (χ1n) is 10.8. The van der Waals surface area contributed by atoms with Crippen molar-refractivity contribution in [3.63, 3.8) is 0 Å². The van der Waals surface area contributed by atoms with Gasteiger partial charge in [-0.25, -0.2) is 32.2 Å². The summed E-state index contributed by atoms with van der Waals surface area (Å²) in [5, 5.41) is 9.64. The molecule has 9 nitrogen and oxygen atoms in total. The highest BCUT2D eigenvalue weighted by Gasteiger charge is 2.33. The third-order valence-electron chi connectivity index (χ3n) is 5.43. The van der Waals surface area contributed by atoms with E-state index in [-0.39, 0.29) is 36.1 Å². The molecule has 1 N–H and O–H groups in total. The maximum absolute atomic E-state index is 14.0. The minimum absolute atomic E-state index is 0.0172. The molecule has 0 amide bonds. The van der Waals surface area contributed by atoms with Gasteiger partial charge in [0.1, 0.15) is 34.1 Å². The fourth-order valence-corrected chi connectivity index (χ4v) is 4.83. The second kappa shape index (κ2) is 10.1. The molecule has 1 saturated heterocycles. The third kappa shape index (κ3) is 5.85. The van der Waals surface area contributed by atoms with Gasteiger partial charge in [0.15, 0.2) is 0 Å².